The van der Waals surface area contributed by atoms with Crippen LogP contribution < -0.4 is 5.32 Å². The van der Waals surface area contributed by atoms with Crippen LogP contribution in [0, 0.1) is 0 Å². The Labute approximate surface area is 186 Å². The van der Waals surface area contributed by atoms with E-state index in [0.717, 1.165) is 45.7 Å². The highest BCUT2D eigenvalue weighted by atomic mass is 16.3. The molecule has 1 unspecified atom stereocenters. The summed E-state index contributed by atoms with van der Waals surface area (Å²) in [5.41, 5.74) is 5.43. The minimum absolute atomic E-state index is 0.0356. The van der Waals surface area contributed by atoms with Crippen LogP contribution in [0.15, 0.2) is 58.8 Å². The molecule has 162 valence electrons. The summed E-state index contributed by atoms with van der Waals surface area (Å²) in [5, 5.41) is 13.3. The number of hydrogen-bond acceptors (Lipinski definition) is 4. The van der Waals surface area contributed by atoms with Crippen molar-refractivity contribution in [3.8, 4) is 0 Å². The van der Waals surface area contributed by atoms with Crippen LogP contribution in [-0.4, -0.2) is 38.6 Å². The van der Waals surface area contributed by atoms with E-state index in [-0.39, 0.29) is 23.7 Å². The van der Waals surface area contributed by atoms with Crippen LogP contribution in [0.4, 0.5) is 0 Å². The number of nitrogens with one attached hydrogen (secondary N) is 1. The molecule has 0 fully saturated rings. The molecule has 3 heterocycles. The van der Waals surface area contributed by atoms with Gasteiger partial charge in [0.1, 0.15) is 11.2 Å². The van der Waals surface area contributed by atoms with Gasteiger partial charge in [-0.05, 0) is 68.8 Å². The number of carbonyl (C=O) groups excluding carboxylic acids is 1. The second-order valence-electron chi connectivity index (χ2n) is 8.91. The van der Waals surface area contributed by atoms with Gasteiger partial charge in [0, 0.05) is 23.9 Å². The number of aliphatic imine (C=N–C) groups is 2. The smallest absolute Gasteiger partial charge is 0.252 e. The van der Waals surface area contributed by atoms with Crippen LogP contribution in [-0.2, 0) is 0 Å². The minimum atomic E-state index is -1.17. The van der Waals surface area contributed by atoms with Crippen molar-refractivity contribution in [1.82, 2.24) is 14.7 Å². The van der Waals surface area contributed by atoms with Crippen molar-refractivity contribution < 1.29 is 9.90 Å². The number of hydrogen-bond donors (Lipinski definition) is 2. The standard InChI is InChI=1S/C25H25N5O2/c1-14(12-27-24(26-4)25(2,3)32)15-9-10-20-29-21-19-11-18(22(21)30(20)13-15)16-7-5-6-8-17(16)23(31)28-19/h5-10,12-13,18-19,32H,4,11H2,1-3H3,(H,28,31)/b14-12+,27-24?/t18-,19?/m0/s1. The van der Waals surface area contributed by atoms with Gasteiger partial charge in [-0.3, -0.25) is 4.79 Å². The molecule has 7 nitrogen and oxygen atoms in total. The quantitative estimate of drug-likeness (QED) is 0.491. The summed E-state index contributed by atoms with van der Waals surface area (Å²) in [4.78, 5) is 25.7. The second-order valence-corrected chi connectivity index (χ2v) is 8.91. The van der Waals surface area contributed by atoms with E-state index in [1.165, 1.54) is 0 Å². The molecule has 0 radical (unpaired) electrons. The van der Waals surface area contributed by atoms with Gasteiger partial charge in [-0.25, -0.2) is 15.0 Å². The number of allylic oxidation sites excluding steroid dienone is 1. The number of imidazole rings is 1. The summed E-state index contributed by atoms with van der Waals surface area (Å²) >= 11 is 0. The minimum Gasteiger partial charge on any atom is -0.382 e. The first-order chi connectivity index (χ1) is 15.3. The van der Waals surface area contributed by atoms with Crippen molar-refractivity contribution in [1.29, 1.82) is 0 Å². The molecule has 3 aromatic rings. The number of amides is 1. The molecule has 1 aliphatic heterocycles. The van der Waals surface area contributed by atoms with Gasteiger partial charge >= 0.3 is 0 Å². The lowest BCUT2D eigenvalue weighted by molar-refractivity contribution is 0.0939. The fourth-order valence-corrected chi connectivity index (χ4v) is 4.65. The zero-order valence-corrected chi connectivity index (χ0v) is 18.3. The number of aromatic nitrogens is 2. The Balaban J connectivity index is 1.61. The predicted octanol–water partition coefficient (Wildman–Crippen LogP) is 3.89. The molecule has 32 heavy (non-hydrogen) atoms. The Morgan fingerprint density at radius 1 is 1.31 bits per heavy atom. The van der Waals surface area contributed by atoms with Crippen LogP contribution in [0.5, 0.6) is 0 Å². The predicted molar refractivity (Wildman–Crippen MR) is 125 cm³/mol. The third kappa shape index (κ3) is 3.17. The number of pyridine rings is 1. The van der Waals surface area contributed by atoms with Crippen LogP contribution in [0.25, 0.3) is 11.2 Å². The van der Waals surface area contributed by atoms with E-state index >= 15 is 0 Å². The van der Waals surface area contributed by atoms with Crippen molar-refractivity contribution in [2.24, 2.45) is 9.98 Å². The first-order valence-corrected chi connectivity index (χ1v) is 10.6. The van der Waals surface area contributed by atoms with E-state index in [0.29, 0.717) is 0 Å². The van der Waals surface area contributed by atoms with E-state index < -0.39 is 5.60 Å². The van der Waals surface area contributed by atoms with Crippen molar-refractivity contribution in [3.63, 3.8) is 0 Å². The lowest BCUT2D eigenvalue weighted by Crippen LogP contribution is -2.29. The normalized spacial score (nSPS) is 20.6. The maximum absolute atomic E-state index is 12.7. The molecular formula is C25H25N5O2. The third-order valence-corrected chi connectivity index (χ3v) is 6.23. The highest BCUT2D eigenvalue weighted by Gasteiger charge is 2.41. The van der Waals surface area contributed by atoms with Crippen molar-refractivity contribution in [2.45, 2.75) is 44.8 Å². The summed E-state index contributed by atoms with van der Waals surface area (Å²) in [7, 11) is 0. The average molecular weight is 428 g/mol. The zero-order chi connectivity index (χ0) is 22.6. The summed E-state index contributed by atoms with van der Waals surface area (Å²) in [6.07, 6.45) is 4.57. The Morgan fingerprint density at radius 3 is 2.84 bits per heavy atom. The van der Waals surface area contributed by atoms with Gasteiger partial charge in [-0.2, -0.15) is 0 Å². The molecule has 2 N–H and O–H groups in total. The molecule has 1 aliphatic carbocycles. The van der Waals surface area contributed by atoms with E-state index in [1.54, 1.807) is 20.0 Å². The summed E-state index contributed by atoms with van der Waals surface area (Å²) in [5.74, 6) is 0.329. The third-order valence-electron chi connectivity index (χ3n) is 6.23. The lowest BCUT2D eigenvalue weighted by Gasteiger charge is -2.16. The van der Waals surface area contributed by atoms with Crippen molar-refractivity contribution in [2.75, 3.05) is 0 Å². The van der Waals surface area contributed by atoms with Gasteiger partial charge in [-0.15, -0.1) is 0 Å². The maximum Gasteiger partial charge on any atom is 0.252 e. The number of carbonyl (C=O) groups is 1. The summed E-state index contributed by atoms with van der Waals surface area (Å²) in [6.45, 7) is 8.72. The number of nitrogens with zero attached hydrogens (tertiary/aromatic N) is 4. The fraction of sp³-hybridized carbons (Fsp3) is 0.280. The maximum atomic E-state index is 12.7. The summed E-state index contributed by atoms with van der Waals surface area (Å²) < 4.78 is 2.13. The molecule has 1 aromatic carbocycles. The molecule has 0 saturated heterocycles. The van der Waals surface area contributed by atoms with Gasteiger partial charge in [0.25, 0.3) is 5.91 Å². The average Bonchev–Trinajstić information content (AvgIpc) is 3.25. The van der Waals surface area contributed by atoms with Gasteiger partial charge in [-0.1, -0.05) is 18.2 Å². The van der Waals surface area contributed by atoms with Crippen molar-refractivity contribution in [3.05, 3.63) is 76.9 Å². The second kappa shape index (κ2) is 7.24. The summed E-state index contributed by atoms with van der Waals surface area (Å²) in [6, 6.07) is 11.7. The molecule has 0 saturated carbocycles. The molecule has 7 heteroatoms. The first-order valence-electron chi connectivity index (χ1n) is 10.6. The zero-order valence-electron chi connectivity index (χ0n) is 18.3. The van der Waals surface area contributed by atoms with E-state index in [2.05, 4.69) is 32.6 Å². The van der Waals surface area contributed by atoms with Crippen LogP contribution in [0.1, 0.15) is 72.0 Å². The highest BCUT2D eigenvalue weighted by Crippen LogP contribution is 2.47. The number of aliphatic hydroxyl groups is 1. The largest absolute Gasteiger partial charge is 0.382 e. The van der Waals surface area contributed by atoms with Crippen molar-refractivity contribution >= 4 is 29.7 Å². The van der Waals surface area contributed by atoms with Gasteiger partial charge in [0.15, 0.2) is 5.84 Å². The molecule has 1 amide bonds. The topological polar surface area (TPSA) is 91.4 Å². The van der Waals surface area contributed by atoms with Gasteiger partial charge in [0.2, 0.25) is 0 Å². The lowest BCUT2D eigenvalue weighted by atomic mass is 9.92. The Morgan fingerprint density at radius 2 is 2.09 bits per heavy atom. The monoisotopic (exact) mass is 427 g/mol. The van der Waals surface area contributed by atoms with Crippen LogP contribution >= 0.6 is 0 Å². The Kier molecular flexibility index (Phi) is 4.60. The number of benzene rings is 1. The number of amidine groups is 1. The Bertz CT molecular complexity index is 1330. The Hall–Kier alpha value is -3.58. The molecule has 5 rings (SSSR count). The van der Waals surface area contributed by atoms with Gasteiger partial charge in [0.05, 0.1) is 17.4 Å². The van der Waals surface area contributed by atoms with Crippen LogP contribution in [0.3, 0.4) is 0 Å². The molecule has 2 aliphatic rings. The highest BCUT2D eigenvalue weighted by molar-refractivity contribution is 5.97. The molecular weight excluding hydrogens is 402 g/mol. The number of fused-ring (bicyclic) bond motifs is 9. The van der Waals surface area contributed by atoms with E-state index in [4.69, 9.17) is 4.98 Å². The number of rotatable bonds is 3. The molecule has 2 aromatic heterocycles. The molecule has 2 bridgehead atoms. The first kappa shape index (κ1) is 20.3. The fourth-order valence-electron chi connectivity index (χ4n) is 4.65. The van der Waals surface area contributed by atoms with Crippen LogP contribution in [0.2, 0.25) is 0 Å². The van der Waals surface area contributed by atoms with E-state index in [1.807, 2.05) is 43.3 Å². The van der Waals surface area contributed by atoms with E-state index in [9.17, 15) is 9.90 Å². The van der Waals surface area contributed by atoms with Gasteiger partial charge < -0.3 is 14.8 Å². The SMILES string of the molecule is C=NC(=N/C=C(\C)c1ccc2nc3c(n2c1)[C@H]1CC3NC(=O)c2ccccc21)C(C)(C)O. The molecule has 2 atom stereocenters. The molecule has 0 spiro atoms.